The van der Waals surface area contributed by atoms with Crippen LogP contribution in [0, 0.1) is 5.92 Å². The van der Waals surface area contributed by atoms with Gasteiger partial charge in [0.05, 0.1) is 5.56 Å². The van der Waals surface area contributed by atoms with Crippen molar-refractivity contribution < 1.29 is 18.0 Å². The van der Waals surface area contributed by atoms with E-state index in [9.17, 15) is 18.0 Å². The molecule has 2 nitrogen and oxygen atoms in total. The van der Waals surface area contributed by atoms with Gasteiger partial charge in [0.1, 0.15) is 0 Å². The molecule has 0 N–H and O–H groups in total. The second-order valence-electron chi connectivity index (χ2n) is 5.95. The monoisotopic (exact) mass is 297 g/mol. The van der Waals surface area contributed by atoms with Crippen LogP contribution in [-0.2, 0) is 11.0 Å². The van der Waals surface area contributed by atoms with E-state index in [2.05, 4.69) is 0 Å². The minimum atomic E-state index is -4.30. The van der Waals surface area contributed by atoms with E-state index >= 15 is 0 Å². The van der Waals surface area contributed by atoms with Crippen molar-refractivity contribution in [3.63, 3.8) is 0 Å². The Morgan fingerprint density at radius 3 is 2.24 bits per heavy atom. The van der Waals surface area contributed by atoms with Gasteiger partial charge in [-0.3, -0.25) is 4.79 Å². The predicted octanol–water partition coefficient (Wildman–Crippen LogP) is 3.82. The van der Waals surface area contributed by atoms with Crippen LogP contribution in [0.5, 0.6) is 0 Å². The first kappa shape index (κ1) is 14.4. The first-order chi connectivity index (χ1) is 9.97. The van der Waals surface area contributed by atoms with Crippen LogP contribution in [0.25, 0.3) is 0 Å². The van der Waals surface area contributed by atoms with Gasteiger partial charge < -0.3 is 4.90 Å². The Morgan fingerprint density at radius 1 is 1.05 bits per heavy atom. The first-order valence-electron chi connectivity index (χ1n) is 7.43. The standard InChI is InChI=1S/C16H18F3NO/c17-16(18,19)12-6-4-11(5-7-12)13-10-14(13)15(21)20-8-2-1-3-9-20/h4-7,13-14H,1-3,8-10H2/t13?,14-/m0/s1. The zero-order chi connectivity index (χ0) is 15.0. The van der Waals surface area contributed by atoms with Gasteiger partial charge in [0.25, 0.3) is 0 Å². The van der Waals surface area contributed by atoms with Gasteiger partial charge in [-0.05, 0) is 49.3 Å². The van der Waals surface area contributed by atoms with Crippen LogP contribution < -0.4 is 0 Å². The summed E-state index contributed by atoms with van der Waals surface area (Å²) in [5.74, 6) is 0.251. The normalized spacial score (nSPS) is 25.8. The molecule has 114 valence electrons. The van der Waals surface area contributed by atoms with Crippen molar-refractivity contribution in [2.45, 2.75) is 37.8 Å². The molecule has 0 bridgehead atoms. The van der Waals surface area contributed by atoms with Crippen LogP contribution >= 0.6 is 0 Å². The highest BCUT2D eigenvalue weighted by Crippen LogP contribution is 2.49. The lowest BCUT2D eigenvalue weighted by atomic mass is 10.1. The van der Waals surface area contributed by atoms with Crippen molar-refractivity contribution in [2.24, 2.45) is 5.92 Å². The number of alkyl halides is 3. The Morgan fingerprint density at radius 2 is 1.67 bits per heavy atom. The first-order valence-corrected chi connectivity index (χ1v) is 7.43. The van der Waals surface area contributed by atoms with Gasteiger partial charge in [0.2, 0.25) is 5.91 Å². The summed E-state index contributed by atoms with van der Waals surface area (Å²) in [6.07, 6.45) is -0.241. The summed E-state index contributed by atoms with van der Waals surface area (Å²) in [6.45, 7) is 1.66. The van der Waals surface area contributed by atoms with Crippen molar-refractivity contribution in [1.29, 1.82) is 0 Å². The molecule has 3 rings (SSSR count). The summed E-state index contributed by atoms with van der Waals surface area (Å²) in [7, 11) is 0. The van der Waals surface area contributed by atoms with E-state index in [4.69, 9.17) is 0 Å². The number of benzene rings is 1. The molecule has 0 radical (unpaired) electrons. The maximum atomic E-state index is 12.5. The Labute approximate surface area is 121 Å². The Hall–Kier alpha value is -1.52. The third kappa shape index (κ3) is 3.06. The number of carbonyl (C=O) groups excluding carboxylic acids is 1. The molecule has 5 heteroatoms. The second kappa shape index (κ2) is 5.35. The maximum absolute atomic E-state index is 12.5. The fourth-order valence-corrected chi connectivity index (χ4v) is 3.10. The lowest BCUT2D eigenvalue weighted by Crippen LogP contribution is -2.36. The molecule has 1 aliphatic carbocycles. The summed E-state index contributed by atoms with van der Waals surface area (Å²) in [5, 5.41) is 0. The van der Waals surface area contributed by atoms with Gasteiger partial charge >= 0.3 is 6.18 Å². The summed E-state index contributed by atoms with van der Waals surface area (Å²) in [4.78, 5) is 14.2. The van der Waals surface area contributed by atoms with E-state index in [1.165, 1.54) is 18.6 Å². The lowest BCUT2D eigenvalue weighted by molar-refractivity contribution is -0.137. The topological polar surface area (TPSA) is 20.3 Å². The zero-order valence-corrected chi connectivity index (χ0v) is 11.7. The van der Waals surface area contributed by atoms with Crippen molar-refractivity contribution in [2.75, 3.05) is 13.1 Å². The Kier molecular flexibility index (Phi) is 3.68. The average molecular weight is 297 g/mol. The van der Waals surface area contributed by atoms with Crippen LogP contribution in [0.1, 0.15) is 42.7 Å². The molecule has 1 unspecified atom stereocenters. The third-order valence-electron chi connectivity index (χ3n) is 4.44. The number of nitrogens with zero attached hydrogens (tertiary/aromatic N) is 1. The SMILES string of the molecule is O=C([C@H]1CC1c1ccc(C(F)(F)F)cc1)N1CCCCC1. The number of hydrogen-bond acceptors (Lipinski definition) is 1. The van der Waals surface area contributed by atoms with Crippen molar-refractivity contribution >= 4 is 5.91 Å². The van der Waals surface area contributed by atoms with Crippen LogP contribution in [0.3, 0.4) is 0 Å². The second-order valence-corrected chi connectivity index (χ2v) is 5.95. The highest BCUT2D eigenvalue weighted by Gasteiger charge is 2.46. The number of likely N-dealkylation sites (tertiary alicyclic amines) is 1. The summed E-state index contributed by atoms with van der Waals surface area (Å²) in [5.41, 5.74) is 0.212. The van der Waals surface area contributed by atoms with Gasteiger partial charge in [-0.15, -0.1) is 0 Å². The largest absolute Gasteiger partial charge is 0.416 e. The van der Waals surface area contributed by atoms with Gasteiger partial charge in [0, 0.05) is 19.0 Å². The highest BCUT2D eigenvalue weighted by atomic mass is 19.4. The van der Waals surface area contributed by atoms with Crippen LogP contribution in [0.4, 0.5) is 13.2 Å². The summed E-state index contributed by atoms with van der Waals surface area (Å²) in [6, 6.07) is 5.24. The summed E-state index contributed by atoms with van der Waals surface area (Å²) >= 11 is 0. The minimum Gasteiger partial charge on any atom is -0.342 e. The minimum absolute atomic E-state index is 0.0279. The number of halogens is 3. The van der Waals surface area contributed by atoms with Gasteiger partial charge in [0.15, 0.2) is 0 Å². The number of amides is 1. The molecule has 1 aliphatic heterocycles. The molecular weight excluding hydrogens is 279 g/mol. The third-order valence-corrected chi connectivity index (χ3v) is 4.44. The van der Waals surface area contributed by atoms with Gasteiger partial charge in [-0.2, -0.15) is 13.2 Å². The van der Waals surface area contributed by atoms with E-state index in [0.717, 1.165) is 50.0 Å². The molecule has 0 spiro atoms. The molecular formula is C16H18F3NO. The van der Waals surface area contributed by atoms with Gasteiger partial charge in [-0.1, -0.05) is 12.1 Å². The molecule has 2 atom stereocenters. The van der Waals surface area contributed by atoms with E-state index < -0.39 is 11.7 Å². The fourth-order valence-electron chi connectivity index (χ4n) is 3.10. The van der Waals surface area contributed by atoms with E-state index in [0.29, 0.717) is 0 Å². The molecule has 1 amide bonds. The van der Waals surface area contributed by atoms with Crippen LogP contribution in [-0.4, -0.2) is 23.9 Å². The molecule has 0 aromatic heterocycles. The lowest BCUT2D eigenvalue weighted by Gasteiger charge is -2.27. The molecule has 1 aromatic carbocycles. The van der Waals surface area contributed by atoms with Crippen LogP contribution in [0.15, 0.2) is 24.3 Å². The summed E-state index contributed by atoms with van der Waals surface area (Å²) < 4.78 is 37.6. The van der Waals surface area contributed by atoms with Crippen molar-refractivity contribution in [3.8, 4) is 0 Å². The maximum Gasteiger partial charge on any atom is 0.416 e. The molecule has 1 heterocycles. The molecule has 1 saturated carbocycles. The van der Waals surface area contributed by atoms with Crippen molar-refractivity contribution in [1.82, 2.24) is 4.90 Å². The molecule has 1 aromatic rings. The highest BCUT2D eigenvalue weighted by molar-refractivity contribution is 5.83. The number of rotatable bonds is 2. The molecule has 2 aliphatic rings. The van der Waals surface area contributed by atoms with Crippen LogP contribution in [0.2, 0.25) is 0 Å². The molecule has 21 heavy (non-hydrogen) atoms. The zero-order valence-electron chi connectivity index (χ0n) is 11.7. The van der Waals surface area contributed by atoms with E-state index in [-0.39, 0.29) is 17.7 Å². The molecule has 1 saturated heterocycles. The van der Waals surface area contributed by atoms with E-state index in [1.54, 1.807) is 0 Å². The Balaban J connectivity index is 1.63. The predicted molar refractivity (Wildman–Crippen MR) is 72.7 cm³/mol. The number of piperidine rings is 1. The average Bonchev–Trinajstić information content (AvgIpc) is 3.27. The quantitative estimate of drug-likeness (QED) is 0.812. The smallest absolute Gasteiger partial charge is 0.342 e. The number of hydrogen-bond donors (Lipinski definition) is 0. The van der Waals surface area contributed by atoms with Gasteiger partial charge in [-0.25, -0.2) is 0 Å². The molecule has 2 fully saturated rings. The Bertz CT molecular complexity index is 517. The van der Waals surface area contributed by atoms with Crippen molar-refractivity contribution in [3.05, 3.63) is 35.4 Å². The fraction of sp³-hybridized carbons (Fsp3) is 0.562. The van der Waals surface area contributed by atoms with E-state index in [1.807, 2.05) is 4.90 Å². The number of carbonyl (C=O) groups is 1.